The highest BCUT2D eigenvalue weighted by molar-refractivity contribution is 5.94. The zero-order valence-electron chi connectivity index (χ0n) is 13.4. The Morgan fingerprint density at radius 2 is 1.55 bits per heavy atom. The standard InChI is InChI=1S/C18H27NO/c1-13-7-6-8-14(2)19(13)17(20)15-9-11-16(12-10-15)18(3,4)5/h9-14H,6-8H2,1-5H3. The molecule has 1 fully saturated rings. The number of carbonyl (C=O) groups is 1. The lowest BCUT2D eigenvalue weighted by Gasteiger charge is -2.39. The van der Waals surface area contributed by atoms with Gasteiger partial charge in [0.1, 0.15) is 0 Å². The Balaban J connectivity index is 2.20. The molecule has 1 heterocycles. The van der Waals surface area contributed by atoms with Gasteiger partial charge in [0.05, 0.1) is 0 Å². The molecule has 0 N–H and O–H groups in total. The topological polar surface area (TPSA) is 20.3 Å². The van der Waals surface area contributed by atoms with Crippen molar-refractivity contribution < 1.29 is 4.79 Å². The van der Waals surface area contributed by atoms with E-state index in [9.17, 15) is 4.79 Å². The van der Waals surface area contributed by atoms with Crippen molar-refractivity contribution in [1.29, 1.82) is 0 Å². The van der Waals surface area contributed by atoms with Gasteiger partial charge in [-0.3, -0.25) is 4.79 Å². The van der Waals surface area contributed by atoms with Crippen molar-refractivity contribution in [1.82, 2.24) is 4.90 Å². The van der Waals surface area contributed by atoms with Crippen LogP contribution < -0.4 is 0 Å². The minimum absolute atomic E-state index is 0.132. The van der Waals surface area contributed by atoms with Gasteiger partial charge in [0, 0.05) is 17.6 Å². The molecular formula is C18H27NO. The molecule has 1 aliphatic heterocycles. The monoisotopic (exact) mass is 273 g/mol. The van der Waals surface area contributed by atoms with Crippen LogP contribution in [0.25, 0.3) is 0 Å². The number of hydrogen-bond acceptors (Lipinski definition) is 1. The molecule has 1 aromatic carbocycles. The molecule has 1 amide bonds. The van der Waals surface area contributed by atoms with E-state index in [-0.39, 0.29) is 11.3 Å². The Kier molecular flexibility index (Phi) is 4.22. The molecule has 1 saturated heterocycles. The maximum atomic E-state index is 12.7. The summed E-state index contributed by atoms with van der Waals surface area (Å²) in [5.41, 5.74) is 2.22. The second kappa shape index (κ2) is 5.59. The van der Waals surface area contributed by atoms with Gasteiger partial charge in [-0.25, -0.2) is 0 Å². The Labute approximate surface area is 123 Å². The molecule has 110 valence electrons. The minimum atomic E-state index is 0.132. The average molecular weight is 273 g/mol. The third kappa shape index (κ3) is 3.05. The lowest BCUT2D eigenvalue weighted by atomic mass is 9.86. The number of benzene rings is 1. The quantitative estimate of drug-likeness (QED) is 0.743. The van der Waals surface area contributed by atoms with Crippen molar-refractivity contribution in [2.45, 2.75) is 71.4 Å². The molecule has 0 saturated carbocycles. The van der Waals surface area contributed by atoms with Crippen LogP contribution in [-0.4, -0.2) is 22.9 Å². The highest BCUT2D eigenvalue weighted by Gasteiger charge is 2.29. The van der Waals surface area contributed by atoms with Crippen LogP contribution in [0.4, 0.5) is 0 Å². The van der Waals surface area contributed by atoms with Gasteiger partial charge in [-0.15, -0.1) is 0 Å². The first kappa shape index (κ1) is 15.1. The fraction of sp³-hybridized carbons (Fsp3) is 0.611. The molecule has 2 unspecified atom stereocenters. The normalized spacial score (nSPS) is 23.8. The maximum absolute atomic E-state index is 12.7. The van der Waals surface area contributed by atoms with E-state index in [1.165, 1.54) is 12.0 Å². The van der Waals surface area contributed by atoms with Crippen molar-refractivity contribution in [3.05, 3.63) is 35.4 Å². The summed E-state index contributed by atoms with van der Waals surface area (Å²) in [5, 5.41) is 0. The molecular weight excluding hydrogens is 246 g/mol. The minimum Gasteiger partial charge on any atom is -0.333 e. The molecule has 1 aliphatic rings. The van der Waals surface area contributed by atoms with Crippen LogP contribution in [0, 0.1) is 0 Å². The van der Waals surface area contributed by atoms with E-state index in [4.69, 9.17) is 0 Å². The number of rotatable bonds is 1. The molecule has 2 rings (SSSR count). The SMILES string of the molecule is CC1CCCC(C)N1C(=O)c1ccc(C(C)(C)C)cc1. The lowest BCUT2D eigenvalue weighted by molar-refractivity contribution is 0.0510. The molecule has 20 heavy (non-hydrogen) atoms. The predicted molar refractivity (Wildman–Crippen MR) is 84.1 cm³/mol. The number of hydrogen-bond donors (Lipinski definition) is 0. The van der Waals surface area contributed by atoms with Crippen molar-refractivity contribution >= 4 is 5.91 Å². The van der Waals surface area contributed by atoms with Crippen molar-refractivity contribution in [2.75, 3.05) is 0 Å². The Morgan fingerprint density at radius 1 is 1.05 bits per heavy atom. The molecule has 0 spiro atoms. The molecule has 2 atom stereocenters. The highest BCUT2D eigenvalue weighted by Crippen LogP contribution is 2.26. The second-order valence-electron chi connectivity index (χ2n) is 7.17. The molecule has 0 aromatic heterocycles. The highest BCUT2D eigenvalue weighted by atomic mass is 16.2. The molecule has 0 bridgehead atoms. The van der Waals surface area contributed by atoms with Crippen LogP contribution in [0.2, 0.25) is 0 Å². The number of carbonyl (C=O) groups excluding carboxylic acids is 1. The summed E-state index contributed by atoms with van der Waals surface area (Å²) in [7, 11) is 0. The van der Waals surface area contributed by atoms with Gasteiger partial charge in [0.25, 0.3) is 5.91 Å². The van der Waals surface area contributed by atoms with Gasteiger partial charge < -0.3 is 4.90 Å². The van der Waals surface area contributed by atoms with E-state index in [2.05, 4.69) is 51.7 Å². The fourth-order valence-corrected chi connectivity index (χ4v) is 3.08. The van der Waals surface area contributed by atoms with Crippen molar-refractivity contribution in [3.8, 4) is 0 Å². The number of nitrogens with zero attached hydrogens (tertiary/aromatic N) is 1. The van der Waals surface area contributed by atoms with Crippen molar-refractivity contribution in [2.24, 2.45) is 0 Å². The zero-order chi connectivity index (χ0) is 14.9. The first-order valence-electron chi connectivity index (χ1n) is 7.74. The number of piperidine rings is 1. The lowest BCUT2D eigenvalue weighted by Crippen LogP contribution is -2.47. The van der Waals surface area contributed by atoms with E-state index in [1.807, 2.05) is 12.1 Å². The molecule has 0 aliphatic carbocycles. The largest absolute Gasteiger partial charge is 0.333 e. The summed E-state index contributed by atoms with van der Waals surface area (Å²) in [6, 6.07) is 8.86. The van der Waals surface area contributed by atoms with Gasteiger partial charge in [-0.2, -0.15) is 0 Å². The number of likely N-dealkylation sites (tertiary alicyclic amines) is 1. The molecule has 2 nitrogen and oxygen atoms in total. The Hall–Kier alpha value is -1.31. The number of amides is 1. The van der Waals surface area contributed by atoms with Gasteiger partial charge >= 0.3 is 0 Å². The maximum Gasteiger partial charge on any atom is 0.254 e. The summed E-state index contributed by atoms with van der Waals surface area (Å²) in [6.45, 7) is 10.9. The predicted octanol–water partition coefficient (Wildman–Crippen LogP) is 4.39. The van der Waals surface area contributed by atoms with Crippen LogP contribution in [0.1, 0.15) is 69.8 Å². The fourth-order valence-electron chi connectivity index (χ4n) is 3.08. The smallest absolute Gasteiger partial charge is 0.254 e. The summed E-state index contributed by atoms with van der Waals surface area (Å²) in [5.74, 6) is 0.185. The van der Waals surface area contributed by atoms with Crippen LogP contribution in [0.3, 0.4) is 0 Å². The van der Waals surface area contributed by atoms with E-state index in [1.54, 1.807) is 0 Å². The van der Waals surface area contributed by atoms with Crippen LogP contribution in [0.15, 0.2) is 24.3 Å². The summed E-state index contributed by atoms with van der Waals surface area (Å²) >= 11 is 0. The Bertz CT molecular complexity index is 459. The molecule has 1 aromatic rings. The third-order valence-corrected chi connectivity index (χ3v) is 4.43. The summed E-state index contributed by atoms with van der Waals surface area (Å²) in [4.78, 5) is 14.8. The van der Waals surface area contributed by atoms with Crippen LogP contribution in [-0.2, 0) is 5.41 Å². The van der Waals surface area contributed by atoms with Gasteiger partial charge in [0.15, 0.2) is 0 Å². The summed E-state index contributed by atoms with van der Waals surface area (Å²) < 4.78 is 0. The first-order chi connectivity index (χ1) is 9.30. The molecule has 2 heteroatoms. The van der Waals surface area contributed by atoms with E-state index in [0.29, 0.717) is 12.1 Å². The zero-order valence-corrected chi connectivity index (χ0v) is 13.4. The van der Waals surface area contributed by atoms with Crippen molar-refractivity contribution in [3.63, 3.8) is 0 Å². The summed E-state index contributed by atoms with van der Waals surface area (Å²) in [6.07, 6.45) is 3.47. The third-order valence-electron chi connectivity index (χ3n) is 4.43. The van der Waals surface area contributed by atoms with E-state index >= 15 is 0 Å². The van der Waals surface area contributed by atoms with E-state index < -0.39 is 0 Å². The van der Waals surface area contributed by atoms with Gasteiger partial charge in [0.2, 0.25) is 0 Å². The average Bonchev–Trinajstić information content (AvgIpc) is 2.37. The Morgan fingerprint density at radius 3 is 2.00 bits per heavy atom. The van der Waals surface area contributed by atoms with Gasteiger partial charge in [-0.1, -0.05) is 32.9 Å². The van der Waals surface area contributed by atoms with E-state index in [0.717, 1.165) is 18.4 Å². The van der Waals surface area contributed by atoms with Gasteiger partial charge in [-0.05, 0) is 56.2 Å². The van der Waals surface area contributed by atoms with Crippen LogP contribution >= 0.6 is 0 Å². The van der Waals surface area contributed by atoms with Crippen LogP contribution in [0.5, 0.6) is 0 Å². The first-order valence-corrected chi connectivity index (χ1v) is 7.74. The second-order valence-corrected chi connectivity index (χ2v) is 7.17. The molecule has 0 radical (unpaired) electrons.